The number of ether oxygens (including phenoxy) is 2. The molecule has 0 bridgehead atoms. The third kappa shape index (κ3) is 4.34. The number of hydrogen-bond acceptors (Lipinski definition) is 6. The van der Waals surface area contributed by atoms with Gasteiger partial charge in [-0.25, -0.2) is 4.98 Å². The van der Waals surface area contributed by atoms with Crippen molar-refractivity contribution in [1.82, 2.24) is 9.88 Å². The Hall–Kier alpha value is -2.12. The molecule has 26 heavy (non-hydrogen) atoms. The number of para-hydroxylation sites is 1. The minimum atomic E-state index is -0.256. The van der Waals surface area contributed by atoms with Gasteiger partial charge in [-0.1, -0.05) is 13.0 Å². The van der Waals surface area contributed by atoms with Crippen LogP contribution >= 0.6 is 11.3 Å². The number of benzene rings is 1. The molecule has 1 aromatic heterocycles. The topological polar surface area (TPSA) is 63.7 Å². The molecule has 0 spiro atoms. The Balaban J connectivity index is 1.66. The van der Waals surface area contributed by atoms with Crippen LogP contribution in [-0.2, 0) is 6.54 Å². The molecule has 1 aliphatic heterocycles. The Kier molecular flexibility index (Phi) is 6.11. The monoisotopic (exact) mass is 375 g/mol. The lowest BCUT2D eigenvalue weighted by Crippen LogP contribution is -2.33. The van der Waals surface area contributed by atoms with Gasteiger partial charge in [0, 0.05) is 18.5 Å². The van der Waals surface area contributed by atoms with Gasteiger partial charge in [0.25, 0.3) is 5.91 Å². The van der Waals surface area contributed by atoms with Crippen molar-refractivity contribution in [3.05, 3.63) is 34.8 Å². The highest BCUT2D eigenvalue weighted by Crippen LogP contribution is 2.31. The maximum Gasteiger partial charge on any atom is 0.261 e. The quantitative estimate of drug-likeness (QED) is 0.835. The molecule has 7 heteroatoms. The summed E-state index contributed by atoms with van der Waals surface area (Å²) in [6.07, 6.45) is 2.54. The second-order valence-electron chi connectivity index (χ2n) is 6.62. The normalized spacial score (nSPS) is 17.7. The van der Waals surface area contributed by atoms with Gasteiger partial charge in [-0.3, -0.25) is 15.0 Å². The van der Waals surface area contributed by atoms with Crippen molar-refractivity contribution in [1.29, 1.82) is 0 Å². The van der Waals surface area contributed by atoms with E-state index >= 15 is 0 Å². The van der Waals surface area contributed by atoms with E-state index in [1.165, 1.54) is 31.3 Å². The van der Waals surface area contributed by atoms with E-state index in [4.69, 9.17) is 9.47 Å². The van der Waals surface area contributed by atoms with Crippen molar-refractivity contribution < 1.29 is 14.3 Å². The molecule has 1 N–H and O–H groups in total. The molecule has 1 unspecified atom stereocenters. The number of aromatic nitrogens is 1. The van der Waals surface area contributed by atoms with Crippen molar-refractivity contribution >= 4 is 22.4 Å². The van der Waals surface area contributed by atoms with Gasteiger partial charge in [-0.15, -0.1) is 11.3 Å². The maximum absolute atomic E-state index is 12.6. The van der Waals surface area contributed by atoms with Gasteiger partial charge in [-0.2, -0.15) is 0 Å². The van der Waals surface area contributed by atoms with Crippen LogP contribution in [0.4, 0.5) is 5.13 Å². The third-order valence-corrected chi connectivity index (χ3v) is 5.35. The van der Waals surface area contributed by atoms with Crippen LogP contribution in [-0.4, -0.2) is 43.1 Å². The minimum Gasteiger partial charge on any atom is -0.493 e. The van der Waals surface area contributed by atoms with Crippen molar-refractivity contribution in [2.45, 2.75) is 26.3 Å². The molecular formula is C19H25N3O3S. The maximum atomic E-state index is 12.6. The molecule has 3 rings (SSSR count). The zero-order valence-electron chi connectivity index (χ0n) is 15.4. The molecule has 1 saturated heterocycles. The first kappa shape index (κ1) is 18.7. The van der Waals surface area contributed by atoms with Gasteiger partial charge in [0.2, 0.25) is 0 Å². The molecular weight excluding hydrogens is 350 g/mol. The summed E-state index contributed by atoms with van der Waals surface area (Å²) in [5, 5.41) is 5.47. The Labute approximate surface area is 158 Å². The van der Waals surface area contributed by atoms with E-state index in [-0.39, 0.29) is 5.91 Å². The molecule has 0 saturated carbocycles. The molecule has 0 aliphatic carbocycles. The summed E-state index contributed by atoms with van der Waals surface area (Å²) in [5.41, 5.74) is 1.42. The Morgan fingerprint density at radius 3 is 2.96 bits per heavy atom. The molecule has 2 aromatic rings. The first-order chi connectivity index (χ1) is 12.6. The molecule has 2 heterocycles. The van der Waals surface area contributed by atoms with Gasteiger partial charge in [0.05, 0.1) is 25.5 Å². The first-order valence-corrected chi connectivity index (χ1v) is 9.67. The molecule has 1 atom stereocenters. The van der Waals surface area contributed by atoms with E-state index < -0.39 is 0 Å². The number of rotatable bonds is 6. The number of piperidine rings is 1. The van der Waals surface area contributed by atoms with Gasteiger partial charge < -0.3 is 9.47 Å². The van der Waals surface area contributed by atoms with Crippen molar-refractivity contribution in [2.24, 2.45) is 5.92 Å². The largest absolute Gasteiger partial charge is 0.493 e. The predicted octanol–water partition coefficient (Wildman–Crippen LogP) is 3.64. The predicted molar refractivity (Wildman–Crippen MR) is 103 cm³/mol. The van der Waals surface area contributed by atoms with Gasteiger partial charge in [0.1, 0.15) is 0 Å². The summed E-state index contributed by atoms with van der Waals surface area (Å²) >= 11 is 1.44. The molecule has 6 nitrogen and oxygen atoms in total. The van der Waals surface area contributed by atoms with Gasteiger partial charge >= 0.3 is 0 Å². The molecule has 0 radical (unpaired) electrons. The number of carbonyl (C=O) groups is 1. The van der Waals surface area contributed by atoms with Crippen LogP contribution in [0, 0.1) is 5.92 Å². The van der Waals surface area contributed by atoms with Crippen LogP contribution in [0.25, 0.3) is 0 Å². The molecule has 1 aromatic carbocycles. The van der Waals surface area contributed by atoms with E-state index in [1.807, 2.05) is 5.38 Å². The van der Waals surface area contributed by atoms with Crippen LogP contribution < -0.4 is 14.8 Å². The average molecular weight is 375 g/mol. The minimum absolute atomic E-state index is 0.256. The van der Waals surface area contributed by atoms with E-state index in [1.54, 1.807) is 25.3 Å². The highest BCUT2D eigenvalue weighted by Gasteiger charge is 2.19. The second kappa shape index (κ2) is 8.51. The average Bonchev–Trinajstić information content (AvgIpc) is 3.07. The van der Waals surface area contributed by atoms with E-state index in [2.05, 4.69) is 22.1 Å². The molecule has 1 aliphatic rings. The summed E-state index contributed by atoms with van der Waals surface area (Å²) in [6.45, 7) is 5.35. The fourth-order valence-electron chi connectivity index (χ4n) is 3.33. The molecule has 1 fully saturated rings. The zero-order chi connectivity index (χ0) is 18.5. The lowest BCUT2D eigenvalue weighted by molar-refractivity contribution is 0.102. The summed E-state index contributed by atoms with van der Waals surface area (Å²) in [5.74, 6) is 1.43. The number of amides is 1. The van der Waals surface area contributed by atoms with Crippen LogP contribution in [0.15, 0.2) is 23.6 Å². The number of hydrogen-bond donors (Lipinski definition) is 1. The second-order valence-corrected chi connectivity index (χ2v) is 7.48. The van der Waals surface area contributed by atoms with Crippen LogP contribution in [0.5, 0.6) is 11.5 Å². The summed E-state index contributed by atoms with van der Waals surface area (Å²) in [7, 11) is 3.07. The zero-order valence-corrected chi connectivity index (χ0v) is 16.3. The number of anilines is 1. The van der Waals surface area contributed by atoms with E-state index in [0.717, 1.165) is 31.2 Å². The number of methoxy groups -OCH3 is 2. The Morgan fingerprint density at radius 2 is 2.23 bits per heavy atom. The van der Waals surface area contributed by atoms with E-state index in [0.29, 0.717) is 22.2 Å². The number of nitrogens with zero attached hydrogens (tertiary/aromatic N) is 2. The number of thiazole rings is 1. The highest BCUT2D eigenvalue weighted by molar-refractivity contribution is 7.14. The fourth-order valence-corrected chi connectivity index (χ4v) is 4.02. The lowest BCUT2D eigenvalue weighted by Gasteiger charge is -2.30. The summed E-state index contributed by atoms with van der Waals surface area (Å²) in [6, 6.07) is 5.23. The Morgan fingerprint density at radius 1 is 1.38 bits per heavy atom. The standard InChI is InChI=1S/C19H25N3O3S/c1-13-6-5-9-22(10-13)11-14-12-26-19(20-14)21-18(23)15-7-4-8-16(24-2)17(15)25-3/h4,7-8,12-13H,5-6,9-11H2,1-3H3,(H,20,21,23). The van der Waals surface area contributed by atoms with Crippen LogP contribution in [0.1, 0.15) is 35.8 Å². The fraction of sp³-hybridized carbons (Fsp3) is 0.474. The Bertz CT molecular complexity index is 762. The number of likely N-dealkylation sites (tertiary alicyclic amines) is 1. The third-order valence-electron chi connectivity index (χ3n) is 4.55. The van der Waals surface area contributed by atoms with Crippen LogP contribution in [0.2, 0.25) is 0 Å². The molecule has 1 amide bonds. The van der Waals surface area contributed by atoms with Crippen molar-refractivity contribution in [3.8, 4) is 11.5 Å². The summed E-state index contributed by atoms with van der Waals surface area (Å²) < 4.78 is 10.6. The van der Waals surface area contributed by atoms with Crippen LogP contribution in [0.3, 0.4) is 0 Å². The first-order valence-electron chi connectivity index (χ1n) is 8.79. The number of nitrogens with one attached hydrogen (secondary N) is 1. The smallest absolute Gasteiger partial charge is 0.261 e. The molecule has 140 valence electrons. The number of carbonyl (C=O) groups excluding carboxylic acids is 1. The van der Waals surface area contributed by atoms with Crippen molar-refractivity contribution in [3.63, 3.8) is 0 Å². The van der Waals surface area contributed by atoms with Gasteiger partial charge in [0.15, 0.2) is 16.6 Å². The van der Waals surface area contributed by atoms with Gasteiger partial charge in [-0.05, 0) is 37.4 Å². The van der Waals surface area contributed by atoms with Crippen molar-refractivity contribution in [2.75, 3.05) is 32.6 Å². The SMILES string of the molecule is COc1cccc(C(=O)Nc2nc(CN3CCCC(C)C3)cs2)c1OC. The lowest BCUT2D eigenvalue weighted by atomic mass is 10.0. The van der Waals surface area contributed by atoms with E-state index in [9.17, 15) is 4.79 Å². The highest BCUT2D eigenvalue weighted by atomic mass is 32.1. The summed E-state index contributed by atoms with van der Waals surface area (Å²) in [4.78, 5) is 19.6.